The minimum atomic E-state index is -3.95. The third-order valence-corrected chi connectivity index (χ3v) is 8.67. The van der Waals surface area contributed by atoms with E-state index < -0.39 is 25.2 Å². The molecule has 1 heterocycles. The van der Waals surface area contributed by atoms with Crippen LogP contribution in [0.15, 0.2) is 27.6 Å². The van der Waals surface area contributed by atoms with Crippen molar-refractivity contribution in [1.29, 1.82) is 0 Å². The van der Waals surface area contributed by atoms with Crippen LogP contribution in [0.3, 0.4) is 0 Å². The molecule has 1 fully saturated rings. The van der Waals surface area contributed by atoms with Crippen LogP contribution in [0.4, 0.5) is 0 Å². The molecule has 0 saturated carbocycles. The average Bonchev–Trinajstić information content (AvgIpc) is 2.37. The van der Waals surface area contributed by atoms with Crippen LogP contribution in [0.25, 0.3) is 0 Å². The molecule has 0 aliphatic carbocycles. The van der Waals surface area contributed by atoms with E-state index in [9.17, 15) is 16.8 Å². The molecule has 10 heteroatoms. The molecule has 0 amide bonds. The van der Waals surface area contributed by atoms with Gasteiger partial charge in [-0.15, -0.1) is 0 Å². The zero-order valence-corrected chi connectivity index (χ0v) is 15.8. The van der Waals surface area contributed by atoms with Crippen molar-refractivity contribution in [2.24, 2.45) is 0 Å². The summed E-state index contributed by atoms with van der Waals surface area (Å²) in [5.41, 5.74) is 0. The summed E-state index contributed by atoms with van der Waals surface area (Å²) < 4.78 is 50.9. The molecular weight excluding hydrogens is 422 g/mol. The first-order valence-electron chi connectivity index (χ1n) is 5.87. The Morgan fingerprint density at radius 2 is 2.00 bits per heavy atom. The molecule has 1 aromatic rings. The van der Waals surface area contributed by atoms with E-state index in [-0.39, 0.29) is 22.2 Å². The van der Waals surface area contributed by atoms with Crippen molar-refractivity contribution >= 4 is 59.2 Å². The smallest absolute Gasteiger partial charge is 0.227 e. The molecule has 2 rings (SSSR count). The standard InChI is InChI=1S/C11H13BrClNO4S3/c1-20(15,16)11-7-19-5-4-14(11)21(17,18)10-3-2-8(12)6-9(10)13/h2-3,6,11H,4-5,7H2,1H3/t11-/m1/s1. The number of thioether (sulfide) groups is 1. The van der Waals surface area contributed by atoms with Crippen LogP contribution in [0.5, 0.6) is 0 Å². The Morgan fingerprint density at radius 1 is 1.33 bits per heavy atom. The van der Waals surface area contributed by atoms with Gasteiger partial charge in [0.05, 0.1) is 5.02 Å². The Morgan fingerprint density at radius 3 is 2.57 bits per heavy atom. The maximum absolute atomic E-state index is 12.7. The molecule has 118 valence electrons. The van der Waals surface area contributed by atoms with Gasteiger partial charge in [-0.25, -0.2) is 16.8 Å². The lowest BCUT2D eigenvalue weighted by Gasteiger charge is -2.33. The highest BCUT2D eigenvalue weighted by Crippen LogP contribution is 2.32. The Labute approximate surface area is 142 Å². The molecule has 1 aromatic carbocycles. The number of halogens is 2. The minimum Gasteiger partial charge on any atom is -0.227 e. The van der Waals surface area contributed by atoms with Crippen LogP contribution in [0, 0.1) is 0 Å². The topological polar surface area (TPSA) is 71.5 Å². The lowest BCUT2D eigenvalue weighted by molar-refractivity contribution is 0.405. The summed E-state index contributed by atoms with van der Waals surface area (Å²) in [6, 6.07) is 4.42. The molecule has 21 heavy (non-hydrogen) atoms. The Bertz CT molecular complexity index is 751. The van der Waals surface area contributed by atoms with E-state index in [4.69, 9.17) is 11.6 Å². The predicted octanol–water partition coefficient (Wildman–Crippen LogP) is 2.21. The Hall–Kier alpha value is 0.200. The molecule has 1 aliphatic rings. The molecule has 0 aromatic heterocycles. The fourth-order valence-corrected chi connectivity index (χ4v) is 8.17. The molecule has 5 nitrogen and oxygen atoms in total. The van der Waals surface area contributed by atoms with Gasteiger partial charge in [-0.3, -0.25) is 0 Å². The number of hydrogen-bond donors (Lipinski definition) is 0. The van der Waals surface area contributed by atoms with Crippen LogP contribution in [0.1, 0.15) is 0 Å². The highest BCUT2D eigenvalue weighted by Gasteiger charge is 2.40. The fraction of sp³-hybridized carbons (Fsp3) is 0.455. The maximum Gasteiger partial charge on any atom is 0.245 e. The summed E-state index contributed by atoms with van der Waals surface area (Å²) in [5, 5.41) is -0.990. The van der Waals surface area contributed by atoms with Gasteiger partial charge in [-0.05, 0) is 18.2 Å². The quantitative estimate of drug-likeness (QED) is 0.729. The number of rotatable bonds is 3. The van der Waals surface area contributed by atoms with E-state index in [2.05, 4.69) is 15.9 Å². The highest BCUT2D eigenvalue weighted by molar-refractivity contribution is 9.10. The van der Waals surface area contributed by atoms with Crippen LogP contribution in [0.2, 0.25) is 5.02 Å². The van der Waals surface area contributed by atoms with Crippen molar-refractivity contribution in [3.05, 3.63) is 27.7 Å². The van der Waals surface area contributed by atoms with Gasteiger partial charge < -0.3 is 0 Å². The second kappa shape index (κ2) is 6.37. The lowest BCUT2D eigenvalue weighted by atomic mass is 10.4. The summed E-state index contributed by atoms with van der Waals surface area (Å²) in [5.74, 6) is 0.783. The monoisotopic (exact) mass is 433 g/mol. The fourth-order valence-electron chi connectivity index (χ4n) is 1.99. The van der Waals surface area contributed by atoms with Crippen molar-refractivity contribution in [1.82, 2.24) is 4.31 Å². The van der Waals surface area contributed by atoms with Crippen molar-refractivity contribution < 1.29 is 16.8 Å². The number of nitrogens with zero attached hydrogens (tertiary/aromatic N) is 1. The van der Waals surface area contributed by atoms with Crippen LogP contribution in [-0.4, -0.2) is 50.8 Å². The Kier molecular flexibility index (Phi) is 5.32. The third-order valence-electron chi connectivity index (χ3n) is 3.01. The number of sulfone groups is 1. The molecule has 0 unspecified atom stereocenters. The van der Waals surface area contributed by atoms with Gasteiger partial charge in [0.2, 0.25) is 10.0 Å². The van der Waals surface area contributed by atoms with Gasteiger partial charge in [0, 0.05) is 28.8 Å². The van der Waals surface area contributed by atoms with Gasteiger partial charge in [-0.2, -0.15) is 16.1 Å². The summed E-state index contributed by atoms with van der Waals surface area (Å²) in [6.45, 7) is 0.150. The van der Waals surface area contributed by atoms with Gasteiger partial charge in [0.25, 0.3) is 0 Å². The normalized spacial score (nSPS) is 21.4. The first-order valence-corrected chi connectivity index (χ1v) is 11.6. The van der Waals surface area contributed by atoms with Gasteiger partial charge >= 0.3 is 0 Å². The molecule has 0 spiro atoms. The SMILES string of the molecule is CS(=O)(=O)[C@@H]1CSCCN1S(=O)(=O)c1ccc(Br)cc1Cl. The molecule has 1 saturated heterocycles. The molecule has 0 radical (unpaired) electrons. The zero-order chi connectivity index (χ0) is 15.8. The van der Waals surface area contributed by atoms with Crippen molar-refractivity contribution in [2.45, 2.75) is 10.3 Å². The number of benzene rings is 1. The van der Waals surface area contributed by atoms with E-state index in [0.717, 1.165) is 10.6 Å². The lowest BCUT2D eigenvalue weighted by Crippen LogP contribution is -2.49. The van der Waals surface area contributed by atoms with Crippen LogP contribution < -0.4 is 0 Å². The van der Waals surface area contributed by atoms with E-state index in [1.807, 2.05) is 0 Å². The Balaban J connectivity index is 2.51. The summed E-state index contributed by atoms with van der Waals surface area (Å²) in [7, 11) is -7.47. The van der Waals surface area contributed by atoms with Gasteiger partial charge in [-0.1, -0.05) is 27.5 Å². The third kappa shape index (κ3) is 3.76. The van der Waals surface area contributed by atoms with Crippen LogP contribution >= 0.6 is 39.3 Å². The maximum atomic E-state index is 12.7. The molecule has 1 aliphatic heterocycles. The van der Waals surface area contributed by atoms with Gasteiger partial charge in [0.1, 0.15) is 10.3 Å². The zero-order valence-electron chi connectivity index (χ0n) is 11.0. The molecule has 1 atom stereocenters. The van der Waals surface area contributed by atoms with Crippen molar-refractivity contribution in [2.75, 3.05) is 24.3 Å². The predicted molar refractivity (Wildman–Crippen MR) is 89.0 cm³/mol. The summed E-state index contributed by atoms with van der Waals surface area (Å²) in [6.07, 6.45) is 1.05. The first-order chi connectivity index (χ1) is 9.64. The van der Waals surface area contributed by atoms with E-state index in [1.165, 1.54) is 23.9 Å². The number of hydrogen-bond acceptors (Lipinski definition) is 5. The summed E-state index contributed by atoms with van der Waals surface area (Å²) in [4.78, 5) is -0.0760. The summed E-state index contributed by atoms with van der Waals surface area (Å²) >= 11 is 10.6. The van der Waals surface area contributed by atoms with Crippen molar-refractivity contribution in [3.8, 4) is 0 Å². The minimum absolute atomic E-state index is 0.0647. The second-order valence-electron chi connectivity index (χ2n) is 4.55. The molecule has 0 bridgehead atoms. The van der Waals surface area contributed by atoms with Gasteiger partial charge in [0.15, 0.2) is 9.84 Å². The van der Waals surface area contributed by atoms with E-state index in [1.54, 1.807) is 6.07 Å². The first kappa shape index (κ1) is 17.6. The van der Waals surface area contributed by atoms with E-state index >= 15 is 0 Å². The number of sulfonamides is 1. The molecule has 0 N–H and O–H groups in total. The second-order valence-corrected chi connectivity index (χ2v) is 11.1. The van der Waals surface area contributed by atoms with Crippen molar-refractivity contribution in [3.63, 3.8) is 0 Å². The molecular formula is C11H13BrClNO4S3. The van der Waals surface area contributed by atoms with E-state index in [0.29, 0.717) is 10.2 Å². The van der Waals surface area contributed by atoms with Crippen LogP contribution in [-0.2, 0) is 19.9 Å². The average molecular weight is 435 g/mol. The highest BCUT2D eigenvalue weighted by atomic mass is 79.9. The largest absolute Gasteiger partial charge is 0.245 e.